The van der Waals surface area contributed by atoms with Crippen LogP contribution in [-0.2, 0) is 60.7 Å². The monoisotopic (exact) mass is 963 g/mol. The smallest absolute Gasteiger partial charge is 0.336 e. The molecule has 4 rings (SSSR count). The maximum atomic E-state index is 14.1. The number of aliphatic hydroxyl groups excluding tert-OH is 2. The summed E-state index contributed by atoms with van der Waals surface area (Å²) in [7, 11) is 2.72. The molecule has 2 aromatic rings. The molecule has 2 saturated heterocycles. The van der Waals surface area contributed by atoms with E-state index in [1.54, 1.807) is 52.0 Å². The molecule has 2 fully saturated rings. The van der Waals surface area contributed by atoms with Gasteiger partial charge in [0.25, 0.3) is 5.91 Å². The van der Waals surface area contributed by atoms with Crippen molar-refractivity contribution >= 4 is 47.4 Å². The quantitative estimate of drug-likeness (QED) is 0.0954. The first kappa shape index (κ1) is 55.7. The third-order valence-corrected chi connectivity index (χ3v) is 13.5. The molecule has 0 radical (unpaired) electrons. The van der Waals surface area contributed by atoms with E-state index in [0.717, 1.165) is 11.1 Å². The first-order valence-electron chi connectivity index (χ1n) is 24.3. The Hall–Kier alpha value is -5.88. The van der Waals surface area contributed by atoms with Crippen LogP contribution in [0.5, 0.6) is 0 Å². The Kier molecular flexibility index (Phi) is 21.6. The average molecular weight is 963 g/mol. The van der Waals surface area contributed by atoms with Crippen LogP contribution in [0, 0.1) is 17.8 Å². The minimum atomic E-state index is -1.46. The zero-order valence-electron chi connectivity index (χ0n) is 41.4. The molecule has 0 spiro atoms. The SMILES string of the molecule is CC[C@@H](C)[C@@H](NC(=O)C[C@H](O)[C@@H](Cc1ccccc1)NC(=O)C1CCCN1C(=O)[C@H](OC(=O)[C@@H](O)C(C)C)[C@@H](C)CC)C(=O)NCC(=O)N(C)[C@@H](Cc1ccccc1)C(=O)N1CCCC1C(=O)OC. The summed E-state index contributed by atoms with van der Waals surface area (Å²) in [5.74, 6) is -6.25. The Morgan fingerprint density at radius 1 is 0.754 bits per heavy atom. The van der Waals surface area contributed by atoms with E-state index >= 15 is 0 Å². The highest BCUT2D eigenvalue weighted by Crippen LogP contribution is 2.26. The molecular formula is C51H74N6O12. The molecule has 5 N–H and O–H groups in total. The van der Waals surface area contributed by atoms with Crippen molar-refractivity contribution in [1.82, 2.24) is 30.7 Å². The lowest BCUT2D eigenvalue weighted by Gasteiger charge is -2.33. The first-order valence-corrected chi connectivity index (χ1v) is 24.3. The molecule has 0 saturated carbocycles. The number of methoxy groups -OCH3 is 1. The summed E-state index contributed by atoms with van der Waals surface area (Å²) >= 11 is 0. The van der Waals surface area contributed by atoms with Gasteiger partial charge < -0.3 is 50.3 Å². The first-order chi connectivity index (χ1) is 32.8. The Bertz CT molecular complexity index is 2060. The average Bonchev–Trinajstić information content (AvgIpc) is 4.06. The van der Waals surface area contributed by atoms with Gasteiger partial charge >= 0.3 is 11.9 Å². The van der Waals surface area contributed by atoms with Gasteiger partial charge in [-0.15, -0.1) is 0 Å². The summed E-state index contributed by atoms with van der Waals surface area (Å²) in [6.45, 7) is 10.5. The fraction of sp³-hybridized carbons (Fsp3) is 0.608. The lowest BCUT2D eigenvalue weighted by Crippen LogP contribution is -2.57. The van der Waals surface area contributed by atoms with Crippen molar-refractivity contribution in [2.75, 3.05) is 33.8 Å². The van der Waals surface area contributed by atoms with Crippen LogP contribution in [0.4, 0.5) is 0 Å². The number of carbonyl (C=O) groups excluding carboxylic acids is 8. The van der Waals surface area contributed by atoms with Crippen LogP contribution in [0.15, 0.2) is 60.7 Å². The third kappa shape index (κ3) is 15.3. The number of hydrogen-bond donors (Lipinski definition) is 5. The van der Waals surface area contributed by atoms with Crippen LogP contribution in [0.3, 0.4) is 0 Å². The van der Waals surface area contributed by atoms with Gasteiger partial charge in [-0.3, -0.25) is 28.8 Å². The number of benzene rings is 2. The second kappa shape index (κ2) is 26.8. The van der Waals surface area contributed by atoms with Crippen LogP contribution in [0.1, 0.15) is 97.6 Å². The number of ether oxygens (including phenoxy) is 2. The Morgan fingerprint density at radius 3 is 1.86 bits per heavy atom. The predicted octanol–water partition coefficient (Wildman–Crippen LogP) is 2.31. The van der Waals surface area contributed by atoms with Crippen molar-refractivity contribution in [3.8, 4) is 0 Å². The largest absolute Gasteiger partial charge is 0.467 e. The summed E-state index contributed by atoms with van der Waals surface area (Å²) in [6, 6.07) is 13.2. The van der Waals surface area contributed by atoms with Gasteiger partial charge in [-0.25, -0.2) is 9.59 Å². The van der Waals surface area contributed by atoms with E-state index in [1.807, 2.05) is 50.2 Å². The van der Waals surface area contributed by atoms with E-state index in [2.05, 4.69) is 16.0 Å². The number of aliphatic hydroxyl groups is 2. The minimum absolute atomic E-state index is 0.113. The van der Waals surface area contributed by atoms with E-state index in [0.29, 0.717) is 45.1 Å². The van der Waals surface area contributed by atoms with Gasteiger partial charge in [-0.1, -0.05) is 109 Å². The van der Waals surface area contributed by atoms with Crippen LogP contribution < -0.4 is 16.0 Å². The number of nitrogens with one attached hydrogen (secondary N) is 3. The Labute approximate surface area is 406 Å². The van der Waals surface area contributed by atoms with Crippen molar-refractivity contribution in [3.05, 3.63) is 71.8 Å². The summed E-state index contributed by atoms with van der Waals surface area (Å²) in [4.78, 5) is 113. The molecule has 0 aromatic heterocycles. The van der Waals surface area contributed by atoms with E-state index in [-0.39, 0.29) is 19.4 Å². The second-order valence-electron chi connectivity index (χ2n) is 18.8. The predicted molar refractivity (Wildman–Crippen MR) is 255 cm³/mol. The molecule has 18 heteroatoms. The van der Waals surface area contributed by atoms with E-state index < -0.39 is 127 Å². The van der Waals surface area contributed by atoms with Gasteiger partial charge in [-0.2, -0.15) is 0 Å². The van der Waals surface area contributed by atoms with Gasteiger partial charge in [0, 0.05) is 32.5 Å². The van der Waals surface area contributed by atoms with Crippen LogP contribution in [0.25, 0.3) is 0 Å². The zero-order chi connectivity index (χ0) is 50.9. The lowest BCUT2D eigenvalue weighted by molar-refractivity contribution is -0.173. The van der Waals surface area contributed by atoms with Crippen molar-refractivity contribution in [3.63, 3.8) is 0 Å². The standard InChI is InChI=1S/C51H74N6O12/c1-9-32(5)43(47(63)52-30-42(60)55(7)39(28-35-21-15-12-16-22-35)48(64)57-26-18-24-38(57)50(66)68-8)54-41(59)29-40(58)36(27-34-19-13-11-14-20-34)53-46(62)37-23-17-25-56(37)49(65)45(33(6)10-2)69-51(67)44(61)31(3)4/h11-16,19-22,31-33,36-40,43-45,58,61H,9-10,17-18,23-30H2,1-8H3,(H,52,63)(H,53,62)(H,54,59)/t32-,33+,36-,37?,38?,39+,40+,43-,44+,45-/m1/s1. The maximum absolute atomic E-state index is 14.1. The van der Waals surface area contributed by atoms with E-state index in [1.165, 1.54) is 28.9 Å². The van der Waals surface area contributed by atoms with Crippen LogP contribution >= 0.6 is 0 Å². The molecule has 18 nitrogen and oxygen atoms in total. The molecule has 2 unspecified atom stereocenters. The molecule has 380 valence electrons. The maximum Gasteiger partial charge on any atom is 0.336 e. The third-order valence-electron chi connectivity index (χ3n) is 13.5. The number of amides is 6. The minimum Gasteiger partial charge on any atom is -0.467 e. The molecule has 69 heavy (non-hydrogen) atoms. The summed E-state index contributed by atoms with van der Waals surface area (Å²) < 4.78 is 10.5. The zero-order valence-corrected chi connectivity index (χ0v) is 41.4. The Balaban J connectivity index is 1.46. The molecular weight excluding hydrogens is 889 g/mol. The number of likely N-dealkylation sites (N-methyl/N-ethyl adjacent to an activating group) is 1. The van der Waals surface area contributed by atoms with Crippen LogP contribution in [-0.4, -0.2) is 155 Å². The normalized spacial score (nSPS) is 19.2. The topological polar surface area (TPSA) is 241 Å². The second-order valence-corrected chi connectivity index (χ2v) is 18.8. The van der Waals surface area contributed by atoms with E-state index in [4.69, 9.17) is 9.47 Å². The van der Waals surface area contributed by atoms with Crippen molar-refractivity contribution < 1.29 is 58.0 Å². The number of esters is 2. The molecule has 2 heterocycles. The molecule has 2 aliphatic heterocycles. The molecule has 0 aliphatic carbocycles. The van der Waals surface area contributed by atoms with Crippen LogP contribution in [0.2, 0.25) is 0 Å². The summed E-state index contributed by atoms with van der Waals surface area (Å²) in [5, 5.41) is 30.3. The number of likely N-dealkylation sites (tertiary alicyclic amines) is 2. The van der Waals surface area contributed by atoms with Gasteiger partial charge in [-0.05, 0) is 61.5 Å². The van der Waals surface area contributed by atoms with E-state index in [9.17, 15) is 48.6 Å². The summed E-state index contributed by atoms with van der Waals surface area (Å²) in [5.41, 5.74) is 1.53. The highest BCUT2D eigenvalue weighted by molar-refractivity contribution is 5.94. The molecule has 0 bridgehead atoms. The highest BCUT2D eigenvalue weighted by atomic mass is 16.6. The van der Waals surface area contributed by atoms with Crippen molar-refractivity contribution in [2.24, 2.45) is 17.8 Å². The number of carbonyl (C=O) groups is 8. The molecule has 2 aromatic carbocycles. The van der Waals surface area contributed by atoms with Gasteiger partial charge in [0.15, 0.2) is 12.2 Å². The fourth-order valence-corrected chi connectivity index (χ4v) is 8.66. The lowest BCUT2D eigenvalue weighted by atomic mass is 9.96. The fourth-order valence-electron chi connectivity index (χ4n) is 8.66. The number of nitrogens with zero attached hydrogens (tertiary/aromatic N) is 3. The summed E-state index contributed by atoms with van der Waals surface area (Å²) in [6.07, 6.45) is -1.66. The molecule has 6 amide bonds. The van der Waals surface area contributed by atoms with Gasteiger partial charge in [0.1, 0.15) is 24.2 Å². The number of hydrogen-bond acceptors (Lipinski definition) is 12. The van der Waals surface area contributed by atoms with Gasteiger partial charge in [0.05, 0.1) is 32.2 Å². The highest BCUT2D eigenvalue weighted by Gasteiger charge is 2.43. The number of rotatable bonds is 24. The molecule has 10 atom stereocenters. The van der Waals surface area contributed by atoms with Crippen molar-refractivity contribution in [2.45, 2.75) is 148 Å². The van der Waals surface area contributed by atoms with Crippen molar-refractivity contribution in [1.29, 1.82) is 0 Å². The Morgan fingerprint density at radius 2 is 1.30 bits per heavy atom. The van der Waals surface area contributed by atoms with Gasteiger partial charge in [0.2, 0.25) is 29.5 Å². The molecule has 2 aliphatic rings.